The number of nitriles is 1. The van der Waals surface area contributed by atoms with Crippen molar-refractivity contribution >= 4 is 5.96 Å². The molecule has 19 heavy (non-hydrogen) atoms. The topological polar surface area (TPSA) is 54.7 Å². The van der Waals surface area contributed by atoms with Crippen LogP contribution < -0.4 is 5.32 Å². The second-order valence-corrected chi connectivity index (χ2v) is 6.35. The van der Waals surface area contributed by atoms with E-state index in [1.165, 1.54) is 0 Å². The minimum Gasteiger partial charge on any atom is -0.355 e. The van der Waals surface area contributed by atoms with E-state index < -0.39 is 0 Å². The summed E-state index contributed by atoms with van der Waals surface area (Å²) in [4.78, 5) is 7.95. The molecule has 0 aliphatic carbocycles. The fourth-order valence-electron chi connectivity index (χ4n) is 1.58. The van der Waals surface area contributed by atoms with Crippen LogP contribution in [0.3, 0.4) is 0 Å². The zero-order valence-corrected chi connectivity index (χ0v) is 13.3. The van der Waals surface area contributed by atoms with Gasteiger partial charge in [0, 0.05) is 26.7 Å². The molecule has 0 heterocycles. The smallest absolute Gasteiger partial charge is 0.209 e. The number of rotatable bonds is 6. The van der Waals surface area contributed by atoms with Crippen LogP contribution in [-0.2, 0) is 0 Å². The highest BCUT2D eigenvalue weighted by molar-refractivity contribution is 5.80. The standard InChI is InChI=1S/C14H29N5/c1-14(2,3)8-7-9-16-13(17-12-15)19(6)11-10-18(4)5/h7-11H2,1-6H3,(H,16,17). The van der Waals surface area contributed by atoms with Gasteiger partial charge in [0.15, 0.2) is 0 Å². The summed E-state index contributed by atoms with van der Waals surface area (Å²) in [6.07, 6.45) is 4.10. The van der Waals surface area contributed by atoms with Crippen molar-refractivity contribution < 1.29 is 0 Å². The van der Waals surface area contributed by atoms with Gasteiger partial charge in [-0.1, -0.05) is 20.8 Å². The van der Waals surface area contributed by atoms with E-state index in [1.807, 2.05) is 32.2 Å². The summed E-state index contributed by atoms with van der Waals surface area (Å²) < 4.78 is 0. The van der Waals surface area contributed by atoms with Gasteiger partial charge in [-0.25, -0.2) is 0 Å². The van der Waals surface area contributed by atoms with Gasteiger partial charge in [0.05, 0.1) is 0 Å². The lowest BCUT2D eigenvalue weighted by Gasteiger charge is -2.24. The van der Waals surface area contributed by atoms with Crippen LogP contribution in [0, 0.1) is 16.9 Å². The summed E-state index contributed by atoms with van der Waals surface area (Å²) in [5.41, 5.74) is 0.352. The Bertz CT molecular complexity index is 309. The van der Waals surface area contributed by atoms with Gasteiger partial charge in [-0.05, 0) is 32.4 Å². The van der Waals surface area contributed by atoms with E-state index in [4.69, 9.17) is 5.26 Å². The van der Waals surface area contributed by atoms with Gasteiger partial charge >= 0.3 is 0 Å². The maximum atomic E-state index is 8.73. The highest BCUT2D eigenvalue weighted by Gasteiger charge is 2.10. The molecule has 0 saturated carbocycles. The first kappa shape index (κ1) is 17.7. The molecule has 5 heteroatoms. The summed E-state index contributed by atoms with van der Waals surface area (Å²) >= 11 is 0. The van der Waals surface area contributed by atoms with Gasteiger partial charge < -0.3 is 15.1 Å². The Hall–Kier alpha value is -1.28. The molecule has 1 N–H and O–H groups in total. The zero-order valence-electron chi connectivity index (χ0n) is 13.3. The fourth-order valence-corrected chi connectivity index (χ4v) is 1.58. The van der Waals surface area contributed by atoms with Gasteiger partial charge in [0.25, 0.3) is 0 Å². The van der Waals surface area contributed by atoms with E-state index in [9.17, 15) is 0 Å². The Morgan fingerprint density at radius 1 is 1.21 bits per heavy atom. The Kier molecular flexibility index (Phi) is 8.17. The van der Waals surface area contributed by atoms with E-state index in [0.717, 1.165) is 32.5 Å². The summed E-state index contributed by atoms with van der Waals surface area (Å²) in [5.74, 6) is 0.665. The minimum atomic E-state index is 0.352. The number of nitrogens with one attached hydrogen (secondary N) is 1. The number of likely N-dealkylation sites (N-methyl/N-ethyl adjacent to an activating group) is 2. The second kappa shape index (κ2) is 8.76. The summed E-state index contributed by atoms with van der Waals surface area (Å²) in [7, 11) is 6.02. The predicted octanol–water partition coefficient (Wildman–Crippen LogP) is 1.73. The maximum Gasteiger partial charge on any atom is 0.209 e. The first-order valence-corrected chi connectivity index (χ1v) is 6.83. The van der Waals surface area contributed by atoms with Crippen molar-refractivity contribution in [1.82, 2.24) is 15.1 Å². The van der Waals surface area contributed by atoms with Gasteiger partial charge in [0.1, 0.15) is 0 Å². The third-order valence-electron chi connectivity index (χ3n) is 2.79. The molecule has 0 fully saturated rings. The average molecular weight is 267 g/mol. The minimum absolute atomic E-state index is 0.352. The molecule has 0 amide bonds. The molecule has 0 rings (SSSR count). The molecule has 0 aromatic rings. The van der Waals surface area contributed by atoms with E-state index in [2.05, 4.69) is 36.0 Å². The van der Waals surface area contributed by atoms with Crippen molar-refractivity contribution in [2.75, 3.05) is 40.8 Å². The second-order valence-electron chi connectivity index (χ2n) is 6.35. The van der Waals surface area contributed by atoms with Crippen molar-refractivity contribution in [3.63, 3.8) is 0 Å². The first-order chi connectivity index (χ1) is 8.76. The number of nitrogens with zero attached hydrogens (tertiary/aromatic N) is 4. The van der Waals surface area contributed by atoms with Gasteiger partial charge in [0.2, 0.25) is 12.2 Å². The molecule has 0 bridgehead atoms. The van der Waals surface area contributed by atoms with Crippen molar-refractivity contribution in [1.29, 1.82) is 5.26 Å². The number of guanidine groups is 1. The Morgan fingerprint density at radius 2 is 1.84 bits per heavy atom. The molecular formula is C14H29N5. The Labute approximate surface area is 118 Å². The zero-order chi connectivity index (χ0) is 14.9. The van der Waals surface area contributed by atoms with Crippen molar-refractivity contribution in [2.24, 2.45) is 10.4 Å². The van der Waals surface area contributed by atoms with Crippen LogP contribution in [0.2, 0.25) is 0 Å². The third kappa shape index (κ3) is 10.3. The van der Waals surface area contributed by atoms with E-state index in [1.54, 1.807) is 0 Å². The molecule has 0 aromatic heterocycles. The van der Waals surface area contributed by atoms with Crippen LogP contribution in [0.5, 0.6) is 0 Å². The van der Waals surface area contributed by atoms with Crippen LogP contribution in [0.25, 0.3) is 0 Å². The van der Waals surface area contributed by atoms with E-state index in [-0.39, 0.29) is 0 Å². The highest BCUT2D eigenvalue weighted by Crippen LogP contribution is 2.19. The lowest BCUT2D eigenvalue weighted by atomic mass is 9.91. The maximum absolute atomic E-state index is 8.73. The number of hydrogen-bond donors (Lipinski definition) is 1. The summed E-state index contributed by atoms with van der Waals surface area (Å²) in [6, 6.07) is 0. The molecule has 0 aliphatic rings. The van der Waals surface area contributed by atoms with Crippen LogP contribution in [0.15, 0.2) is 4.99 Å². The lowest BCUT2D eigenvalue weighted by Crippen LogP contribution is -2.42. The van der Waals surface area contributed by atoms with Crippen LogP contribution in [0.4, 0.5) is 0 Å². The van der Waals surface area contributed by atoms with E-state index >= 15 is 0 Å². The molecule has 0 atom stereocenters. The molecule has 110 valence electrons. The van der Waals surface area contributed by atoms with Crippen molar-refractivity contribution in [2.45, 2.75) is 33.6 Å². The Balaban J connectivity index is 4.14. The molecule has 0 spiro atoms. The quantitative estimate of drug-likeness (QED) is 0.345. The number of hydrogen-bond acceptors (Lipinski definition) is 3. The van der Waals surface area contributed by atoms with E-state index in [0.29, 0.717) is 11.4 Å². The molecule has 0 aliphatic heterocycles. The molecule has 0 saturated heterocycles. The van der Waals surface area contributed by atoms with Gasteiger partial charge in [-0.15, -0.1) is 4.99 Å². The first-order valence-electron chi connectivity index (χ1n) is 6.83. The summed E-state index contributed by atoms with van der Waals surface area (Å²) in [5, 5.41) is 12.0. The molecule has 5 nitrogen and oxygen atoms in total. The van der Waals surface area contributed by atoms with Crippen LogP contribution >= 0.6 is 0 Å². The molecule has 0 aromatic carbocycles. The largest absolute Gasteiger partial charge is 0.355 e. The Morgan fingerprint density at radius 3 is 2.32 bits per heavy atom. The normalized spacial score (nSPS) is 12.4. The predicted molar refractivity (Wildman–Crippen MR) is 80.9 cm³/mol. The number of aliphatic imine (C=N–C) groups is 1. The monoisotopic (exact) mass is 267 g/mol. The molecule has 0 unspecified atom stereocenters. The SMILES string of the molecule is CN(C)CCN(C)/C(=N\C#N)NCCCC(C)(C)C. The lowest BCUT2D eigenvalue weighted by molar-refractivity contribution is 0.347. The highest BCUT2D eigenvalue weighted by atomic mass is 15.3. The van der Waals surface area contributed by atoms with Crippen molar-refractivity contribution in [3.05, 3.63) is 0 Å². The molecular weight excluding hydrogens is 238 g/mol. The van der Waals surface area contributed by atoms with Crippen molar-refractivity contribution in [3.8, 4) is 6.19 Å². The van der Waals surface area contributed by atoms with Crippen LogP contribution in [-0.4, -0.2) is 56.5 Å². The van der Waals surface area contributed by atoms with Gasteiger partial charge in [-0.3, -0.25) is 0 Å². The summed E-state index contributed by atoms with van der Waals surface area (Å²) in [6.45, 7) is 9.34. The fraction of sp³-hybridized carbons (Fsp3) is 0.857. The average Bonchev–Trinajstić information content (AvgIpc) is 2.28. The van der Waals surface area contributed by atoms with Gasteiger partial charge in [-0.2, -0.15) is 5.26 Å². The van der Waals surface area contributed by atoms with Crippen LogP contribution in [0.1, 0.15) is 33.6 Å². The molecule has 0 radical (unpaired) electrons. The third-order valence-corrected chi connectivity index (χ3v) is 2.79.